The van der Waals surface area contributed by atoms with Crippen LogP contribution in [0.4, 0.5) is 0 Å². The molecule has 2 nitrogen and oxygen atoms in total. The smallest absolute Gasteiger partial charge is 0.0429 e. The van der Waals surface area contributed by atoms with Crippen molar-refractivity contribution in [2.24, 2.45) is 0 Å². The van der Waals surface area contributed by atoms with Gasteiger partial charge in [0.05, 0.1) is 0 Å². The zero-order valence-electron chi connectivity index (χ0n) is 8.91. The fourth-order valence-electron chi connectivity index (χ4n) is 1.24. The monoisotopic (exact) mass is 178 g/mol. The summed E-state index contributed by atoms with van der Waals surface area (Å²) < 4.78 is 0. The Morgan fingerprint density at radius 2 is 2.00 bits per heavy atom. The zero-order chi connectivity index (χ0) is 9.84. The number of hydrogen-bond donors (Lipinski definition) is 0. The van der Waals surface area contributed by atoms with Gasteiger partial charge < -0.3 is 4.90 Å². The Labute approximate surface area is 80.6 Å². The Morgan fingerprint density at radius 1 is 1.31 bits per heavy atom. The van der Waals surface area contributed by atoms with E-state index in [9.17, 15) is 0 Å². The van der Waals surface area contributed by atoms with Crippen LogP contribution in [0.2, 0.25) is 0 Å². The molecular weight excluding hydrogens is 160 g/mol. The van der Waals surface area contributed by atoms with E-state index < -0.39 is 0 Å². The highest BCUT2D eigenvalue weighted by molar-refractivity contribution is 5.15. The maximum Gasteiger partial charge on any atom is 0.0429 e. The molecule has 0 radical (unpaired) electrons. The SMILES string of the molecule is CC(C)c1ccc(CN(C)C)cn1. The molecule has 13 heavy (non-hydrogen) atoms. The van der Waals surface area contributed by atoms with E-state index in [-0.39, 0.29) is 0 Å². The topological polar surface area (TPSA) is 16.1 Å². The summed E-state index contributed by atoms with van der Waals surface area (Å²) in [5.41, 5.74) is 2.44. The van der Waals surface area contributed by atoms with Gasteiger partial charge in [-0.25, -0.2) is 0 Å². The standard InChI is InChI=1S/C11H18N2/c1-9(2)11-6-5-10(7-12-11)8-13(3)4/h5-7,9H,8H2,1-4H3. The van der Waals surface area contributed by atoms with Gasteiger partial charge in [-0.3, -0.25) is 4.98 Å². The molecule has 0 N–H and O–H groups in total. The van der Waals surface area contributed by atoms with Gasteiger partial charge in [-0.2, -0.15) is 0 Å². The molecule has 1 heterocycles. The summed E-state index contributed by atoms with van der Waals surface area (Å²) in [5, 5.41) is 0. The summed E-state index contributed by atoms with van der Waals surface area (Å²) in [7, 11) is 4.13. The van der Waals surface area contributed by atoms with Crippen LogP contribution in [0.1, 0.15) is 31.0 Å². The van der Waals surface area contributed by atoms with E-state index in [0.29, 0.717) is 5.92 Å². The summed E-state index contributed by atoms with van der Waals surface area (Å²) in [6.45, 7) is 5.28. The lowest BCUT2D eigenvalue weighted by atomic mass is 10.1. The highest BCUT2D eigenvalue weighted by atomic mass is 15.0. The molecule has 2 heteroatoms. The van der Waals surface area contributed by atoms with Gasteiger partial charge in [0.15, 0.2) is 0 Å². The van der Waals surface area contributed by atoms with Crippen LogP contribution in [-0.4, -0.2) is 24.0 Å². The second-order valence-corrected chi connectivity index (χ2v) is 3.98. The lowest BCUT2D eigenvalue weighted by Crippen LogP contribution is -2.10. The summed E-state index contributed by atoms with van der Waals surface area (Å²) in [4.78, 5) is 6.55. The van der Waals surface area contributed by atoms with Crippen molar-refractivity contribution < 1.29 is 0 Å². The maximum absolute atomic E-state index is 4.40. The van der Waals surface area contributed by atoms with Gasteiger partial charge in [-0.15, -0.1) is 0 Å². The molecule has 0 saturated heterocycles. The molecule has 0 aliphatic carbocycles. The molecule has 0 spiro atoms. The molecular formula is C11H18N2. The first-order chi connectivity index (χ1) is 6.09. The Bertz CT molecular complexity index is 249. The van der Waals surface area contributed by atoms with Crippen LogP contribution >= 0.6 is 0 Å². The average molecular weight is 178 g/mol. The van der Waals surface area contributed by atoms with Gasteiger partial charge in [0, 0.05) is 18.4 Å². The van der Waals surface area contributed by atoms with Crippen molar-refractivity contribution in [3.63, 3.8) is 0 Å². The fraction of sp³-hybridized carbons (Fsp3) is 0.545. The van der Waals surface area contributed by atoms with Crippen LogP contribution in [0.5, 0.6) is 0 Å². The van der Waals surface area contributed by atoms with Crippen LogP contribution in [0.25, 0.3) is 0 Å². The molecule has 72 valence electrons. The Kier molecular flexibility index (Phi) is 3.43. The van der Waals surface area contributed by atoms with Gasteiger partial charge >= 0.3 is 0 Å². The number of nitrogens with zero attached hydrogens (tertiary/aromatic N) is 2. The van der Waals surface area contributed by atoms with Crippen molar-refractivity contribution in [1.29, 1.82) is 0 Å². The first-order valence-electron chi connectivity index (χ1n) is 4.69. The number of hydrogen-bond acceptors (Lipinski definition) is 2. The normalized spacial score (nSPS) is 11.2. The van der Waals surface area contributed by atoms with Gasteiger partial charge in [-0.05, 0) is 31.6 Å². The third-order valence-corrected chi connectivity index (χ3v) is 1.94. The van der Waals surface area contributed by atoms with Crippen LogP contribution in [0, 0.1) is 0 Å². The zero-order valence-corrected chi connectivity index (χ0v) is 8.91. The average Bonchev–Trinajstić information content (AvgIpc) is 2.04. The molecule has 0 aliphatic rings. The Hall–Kier alpha value is -0.890. The van der Waals surface area contributed by atoms with Gasteiger partial charge in [0.25, 0.3) is 0 Å². The number of rotatable bonds is 3. The maximum atomic E-state index is 4.40. The number of aromatic nitrogens is 1. The molecule has 0 aliphatic heterocycles. The third-order valence-electron chi connectivity index (χ3n) is 1.94. The minimum Gasteiger partial charge on any atom is -0.305 e. The van der Waals surface area contributed by atoms with Gasteiger partial charge in [-0.1, -0.05) is 19.9 Å². The van der Waals surface area contributed by atoms with Crippen molar-refractivity contribution in [2.75, 3.05) is 14.1 Å². The molecule has 1 aromatic heterocycles. The van der Waals surface area contributed by atoms with E-state index in [1.165, 1.54) is 11.3 Å². The van der Waals surface area contributed by atoms with Gasteiger partial charge in [0.1, 0.15) is 0 Å². The lowest BCUT2D eigenvalue weighted by molar-refractivity contribution is 0.402. The van der Waals surface area contributed by atoms with E-state index in [2.05, 4.69) is 50.0 Å². The van der Waals surface area contributed by atoms with E-state index >= 15 is 0 Å². The molecule has 0 atom stereocenters. The molecule has 0 amide bonds. The Morgan fingerprint density at radius 3 is 2.38 bits per heavy atom. The summed E-state index contributed by atoms with van der Waals surface area (Å²) >= 11 is 0. The van der Waals surface area contributed by atoms with Crippen molar-refractivity contribution in [3.05, 3.63) is 29.6 Å². The van der Waals surface area contributed by atoms with Crippen molar-refractivity contribution in [1.82, 2.24) is 9.88 Å². The molecule has 1 rings (SSSR count). The van der Waals surface area contributed by atoms with Crippen molar-refractivity contribution >= 4 is 0 Å². The summed E-state index contributed by atoms with van der Waals surface area (Å²) in [6.07, 6.45) is 1.97. The van der Waals surface area contributed by atoms with Gasteiger partial charge in [0.2, 0.25) is 0 Å². The lowest BCUT2D eigenvalue weighted by Gasteiger charge is -2.10. The largest absolute Gasteiger partial charge is 0.305 e. The fourth-order valence-corrected chi connectivity index (χ4v) is 1.24. The van der Waals surface area contributed by atoms with Crippen molar-refractivity contribution in [2.45, 2.75) is 26.3 Å². The predicted octanol–water partition coefficient (Wildman–Crippen LogP) is 2.27. The van der Waals surface area contributed by atoms with Crippen molar-refractivity contribution in [3.8, 4) is 0 Å². The number of pyridine rings is 1. The van der Waals surface area contributed by atoms with Crippen LogP contribution in [0.3, 0.4) is 0 Å². The minimum atomic E-state index is 0.522. The van der Waals surface area contributed by atoms with Crippen LogP contribution < -0.4 is 0 Å². The highest BCUT2D eigenvalue weighted by Gasteiger charge is 2.00. The van der Waals surface area contributed by atoms with Crippen LogP contribution in [0.15, 0.2) is 18.3 Å². The predicted molar refractivity (Wildman–Crippen MR) is 55.7 cm³/mol. The highest BCUT2D eigenvalue weighted by Crippen LogP contribution is 2.11. The third kappa shape index (κ3) is 3.15. The second-order valence-electron chi connectivity index (χ2n) is 3.98. The molecule has 0 aromatic carbocycles. The quantitative estimate of drug-likeness (QED) is 0.706. The molecule has 0 bridgehead atoms. The summed E-state index contributed by atoms with van der Waals surface area (Å²) in [5.74, 6) is 0.522. The van der Waals surface area contributed by atoms with Crippen LogP contribution in [-0.2, 0) is 6.54 Å². The summed E-state index contributed by atoms with van der Waals surface area (Å²) in [6, 6.07) is 4.27. The molecule has 0 saturated carbocycles. The molecule has 0 fully saturated rings. The van der Waals surface area contributed by atoms with E-state index in [1.54, 1.807) is 0 Å². The Balaban J connectivity index is 2.70. The molecule has 1 aromatic rings. The first-order valence-corrected chi connectivity index (χ1v) is 4.69. The van der Waals surface area contributed by atoms with E-state index in [0.717, 1.165) is 6.54 Å². The minimum absolute atomic E-state index is 0.522. The molecule has 0 unspecified atom stereocenters. The second kappa shape index (κ2) is 4.38. The van der Waals surface area contributed by atoms with E-state index in [4.69, 9.17) is 0 Å². The first kappa shape index (κ1) is 10.2. The van der Waals surface area contributed by atoms with E-state index in [1.807, 2.05) is 6.20 Å².